The van der Waals surface area contributed by atoms with E-state index in [0.717, 1.165) is 38.0 Å². The fraction of sp³-hybridized carbons (Fsp3) is 0.409. The summed E-state index contributed by atoms with van der Waals surface area (Å²) in [5.41, 5.74) is 2.36. The molecule has 2 aromatic carbocycles. The summed E-state index contributed by atoms with van der Waals surface area (Å²) in [5.74, 6) is 0.604. The SMILES string of the molecule is N#CC(CCC1CCN(Cc2ccccc2)CC1)c1ccc(Cl)c(Cl)c1. The van der Waals surface area contributed by atoms with E-state index in [1.54, 1.807) is 6.07 Å². The van der Waals surface area contributed by atoms with Gasteiger partial charge < -0.3 is 0 Å². The minimum Gasteiger partial charge on any atom is -0.299 e. The van der Waals surface area contributed by atoms with Crippen molar-refractivity contribution < 1.29 is 0 Å². The Kier molecular flexibility index (Phi) is 6.97. The van der Waals surface area contributed by atoms with Crippen molar-refractivity contribution in [2.75, 3.05) is 13.1 Å². The predicted octanol–water partition coefficient (Wildman–Crippen LogP) is 6.29. The zero-order valence-electron chi connectivity index (χ0n) is 14.9. The quantitative estimate of drug-likeness (QED) is 0.582. The summed E-state index contributed by atoms with van der Waals surface area (Å²) in [6, 6.07) is 18.6. The van der Waals surface area contributed by atoms with Crippen LogP contribution in [0.4, 0.5) is 0 Å². The normalized spacial score (nSPS) is 17.0. The number of nitrogens with zero attached hydrogens (tertiary/aromatic N) is 2. The van der Waals surface area contributed by atoms with Gasteiger partial charge in [-0.15, -0.1) is 0 Å². The molecule has 1 fully saturated rings. The van der Waals surface area contributed by atoms with Crippen molar-refractivity contribution in [2.24, 2.45) is 5.92 Å². The van der Waals surface area contributed by atoms with Crippen LogP contribution in [0.15, 0.2) is 48.5 Å². The summed E-state index contributed by atoms with van der Waals surface area (Å²) in [7, 11) is 0. The molecule has 0 bridgehead atoms. The van der Waals surface area contributed by atoms with E-state index < -0.39 is 0 Å². The maximum Gasteiger partial charge on any atom is 0.0713 e. The minimum atomic E-state index is -0.105. The van der Waals surface area contributed by atoms with Crippen LogP contribution in [0.3, 0.4) is 0 Å². The first kappa shape index (κ1) is 19.2. The monoisotopic (exact) mass is 386 g/mol. The molecule has 2 aromatic rings. The van der Waals surface area contributed by atoms with Gasteiger partial charge in [0.05, 0.1) is 22.0 Å². The van der Waals surface area contributed by atoms with Crippen LogP contribution in [0.2, 0.25) is 10.0 Å². The summed E-state index contributed by atoms with van der Waals surface area (Å²) in [5, 5.41) is 10.6. The summed E-state index contributed by atoms with van der Waals surface area (Å²) >= 11 is 12.1. The fourth-order valence-corrected chi connectivity index (χ4v) is 4.02. The number of likely N-dealkylation sites (tertiary alicyclic amines) is 1. The molecule has 1 heterocycles. The van der Waals surface area contributed by atoms with Gasteiger partial charge in [0.1, 0.15) is 0 Å². The second kappa shape index (κ2) is 9.42. The van der Waals surface area contributed by atoms with E-state index in [1.165, 1.54) is 18.4 Å². The lowest BCUT2D eigenvalue weighted by atomic mass is 9.86. The van der Waals surface area contributed by atoms with Crippen molar-refractivity contribution in [3.63, 3.8) is 0 Å². The zero-order valence-corrected chi connectivity index (χ0v) is 16.4. The molecular formula is C22H24Cl2N2. The van der Waals surface area contributed by atoms with Crippen LogP contribution < -0.4 is 0 Å². The predicted molar refractivity (Wildman–Crippen MR) is 108 cm³/mol. The summed E-state index contributed by atoms with van der Waals surface area (Å²) < 4.78 is 0. The highest BCUT2D eigenvalue weighted by atomic mass is 35.5. The van der Waals surface area contributed by atoms with Crippen molar-refractivity contribution in [2.45, 2.75) is 38.1 Å². The van der Waals surface area contributed by atoms with Crippen molar-refractivity contribution in [1.29, 1.82) is 5.26 Å². The summed E-state index contributed by atoms with van der Waals surface area (Å²) in [6.45, 7) is 3.32. The lowest BCUT2D eigenvalue weighted by molar-refractivity contribution is 0.170. The lowest BCUT2D eigenvalue weighted by Gasteiger charge is -2.32. The van der Waals surface area contributed by atoms with Gasteiger partial charge in [-0.05, 0) is 68.0 Å². The van der Waals surface area contributed by atoms with Crippen LogP contribution in [0.1, 0.15) is 42.7 Å². The molecule has 1 unspecified atom stereocenters. The van der Waals surface area contributed by atoms with Crippen LogP contribution in [0, 0.1) is 17.2 Å². The molecular weight excluding hydrogens is 363 g/mol. The lowest BCUT2D eigenvalue weighted by Crippen LogP contribution is -2.33. The Morgan fingerprint density at radius 2 is 1.77 bits per heavy atom. The zero-order chi connectivity index (χ0) is 18.4. The van der Waals surface area contributed by atoms with Gasteiger partial charge in [0.15, 0.2) is 0 Å². The highest BCUT2D eigenvalue weighted by Gasteiger charge is 2.21. The van der Waals surface area contributed by atoms with Gasteiger partial charge >= 0.3 is 0 Å². The Morgan fingerprint density at radius 3 is 2.42 bits per heavy atom. The molecule has 1 saturated heterocycles. The Morgan fingerprint density at radius 1 is 1.04 bits per heavy atom. The van der Waals surface area contributed by atoms with Gasteiger partial charge in [-0.25, -0.2) is 0 Å². The summed E-state index contributed by atoms with van der Waals surface area (Å²) in [4.78, 5) is 2.53. The molecule has 26 heavy (non-hydrogen) atoms. The number of hydrogen-bond acceptors (Lipinski definition) is 2. The topological polar surface area (TPSA) is 27.0 Å². The first-order valence-electron chi connectivity index (χ1n) is 9.26. The Balaban J connectivity index is 1.46. The van der Waals surface area contributed by atoms with Crippen LogP contribution >= 0.6 is 23.2 Å². The molecule has 0 aromatic heterocycles. The first-order chi connectivity index (χ1) is 12.7. The first-order valence-corrected chi connectivity index (χ1v) is 10.0. The Hall–Kier alpha value is -1.53. The van der Waals surface area contributed by atoms with Gasteiger partial charge in [0, 0.05) is 6.54 Å². The molecule has 0 radical (unpaired) electrons. The van der Waals surface area contributed by atoms with E-state index in [1.807, 2.05) is 12.1 Å². The minimum absolute atomic E-state index is 0.105. The number of halogens is 2. The van der Waals surface area contributed by atoms with Gasteiger partial charge in [0.2, 0.25) is 0 Å². The molecule has 1 aliphatic heterocycles. The van der Waals surface area contributed by atoms with Gasteiger partial charge in [0.25, 0.3) is 0 Å². The molecule has 1 atom stereocenters. The van der Waals surface area contributed by atoms with Crippen molar-refractivity contribution in [3.8, 4) is 6.07 Å². The number of piperidine rings is 1. The standard InChI is InChI=1S/C22H24Cl2N2/c23-21-9-8-19(14-22(21)24)20(15-25)7-6-17-10-12-26(13-11-17)16-18-4-2-1-3-5-18/h1-5,8-9,14,17,20H,6-7,10-13,16H2. The highest BCUT2D eigenvalue weighted by molar-refractivity contribution is 6.42. The smallest absolute Gasteiger partial charge is 0.0713 e. The number of hydrogen-bond donors (Lipinski definition) is 0. The fourth-order valence-electron chi connectivity index (χ4n) is 3.71. The second-order valence-corrected chi connectivity index (χ2v) is 7.95. The third kappa shape index (κ3) is 5.24. The van der Waals surface area contributed by atoms with E-state index in [0.29, 0.717) is 16.0 Å². The summed E-state index contributed by atoms with van der Waals surface area (Å²) in [6.07, 6.45) is 4.41. The molecule has 0 amide bonds. The molecule has 0 saturated carbocycles. The van der Waals surface area contributed by atoms with Crippen molar-refractivity contribution >= 4 is 23.2 Å². The average molecular weight is 387 g/mol. The number of benzene rings is 2. The van der Waals surface area contributed by atoms with E-state index in [2.05, 4.69) is 41.3 Å². The molecule has 4 heteroatoms. The van der Waals surface area contributed by atoms with Crippen molar-refractivity contribution in [3.05, 3.63) is 69.7 Å². The van der Waals surface area contributed by atoms with Crippen LogP contribution in [-0.4, -0.2) is 18.0 Å². The molecule has 0 N–H and O–H groups in total. The van der Waals surface area contributed by atoms with E-state index >= 15 is 0 Å². The van der Waals surface area contributed by atoms with Crippen LogP contribution in [0.5, 0.6) is 0 Å². The third-order valence-corrected chi connectivity index (χ3v) is 6.06. The molecule has 0 spiro atoms. The maximum atomic E-state index is 9.54. The van der Waals surface area contributed by atoms with Gasteiger partial charge in [-0.3, -0.25) is 4.90 Å². The average Bonchev–Trinajstić information content (AvgIpc) is 2.67. The second-order valence-electron chi connectivity index (χ2n) is 7.14. The maximum absolute atomic E-state index is 9.54. The van der Waals surface area contributed by atoms with Gasteiger partial charge in [-0.2, -0.15) is 5.26 Å². The van der Waals surface area contributed by atoms with E-state index in [4.69, 9.17) is 23.2 Å². The van der Waals surface area contributed by atoms with Gasteiger partial charge in [-0.1, -0.05) is 59.6 Å². The molecule has 0 aliphatic carbocycles. The molecule has 136 valence electrons. The third-order valence-electron chi connectivity index (χ3n) is 5.32. The highest BCUT2D eigenvalue weighted by Crippen LogP contribution is 2.31. The van der Waals surface area contributed by atoms with Crippen LogP contribution in [0.25, 0.3) is 0 Å². The Bertz CT molecular complexity index is 746. The molecule has 1 aliphatic rings. The number of rotatable bonds is 6. The van der Waals surface area contributed by atoms with E-state index in [-0.39, 0.29) is 5.92 Å². The largest absolute Gasteiger partial charge is 0.299 e. The number of nitriles is 1. The van der Waals surface area contributed by atoms with Crippen molar-refractivity contribution in [1.82, 2.24) is 4.90 Å². The van der Waals surface area contributed by atoms with Crippen LogP contribution in [-0.2, 0) is 6.54 Å². The molecule has 2 nitrogen and oxygen atoms in total. The Labute approximate surface area is 166 Å². The van der Waals surface area contributed by atoms with E-state index in [9.17, 15) is 5.26 Å². The molecule has 3 rings (SSSR count).